The van der Waals surface area contributed by atoms with E-state index < -0.39 is 0 Å². The monoisotopic (exact) mass is 293 g/mol. The highest BCUT2D eigenvalue weighted by atomic mass is 32.2. The van der Waals surface area contributed by atoms with Gasteiger partial charge in [0, 0.05) is 10.5 Å². The zero-order valence-electron chi connectivity index (χ0n) is 11.5. The Kier molecular flexibility index (Phi) is 5.36. The Morgan fingerprint density at radius 3 is 2.53 bits per heavy atom. The van der Waals surface area contributed by atoms with Crippen LogP contribution in [0.5, 0.6) is 0 Å². The van der Waals surface area contributed by atoms with Crippen molar-refractivity contribution in [2.75, 3.05) is 12.8 Å². The average Bonchev–Trinajstić information content (AvgIpc) is 2.94. The highest BCUT2D eigenvalue weighted by molar-refractivity contribution is 7.98. The predicted molar refractivity (Wildman–Crippen MR) is 83.8 cm³/mol. The van der Waals surface area contributed by atoms with Crippen molar-refractivity contribution >= 4 is 23.1 Å². The van der Waals surface area contributed by atoms with Crippen LogP contribution < -0.4 is 5.32 Å². The second-order valence-corrected chi connectivity index (χ2v) is 6.08. The van der Waals surface area contributed by atoms with E-state index in [1.807, 2.05) is 0 Å². The van der Waals surface area contributed by atoms with E-state index in [0.717, 1.165) is 28.5 Å². The largest absolute Gasteiger partial charge is 0.308 e. The van der Waals surface area contributed by atoms with Crippen LogP contribution in [0.4, 0.5) is 0 Å². The summed E-state index contributed by atoms with van der Waals surface area (Å²) in [5.74, 6) is 0. The van der Waals surface area contributed by atoms with Crippen LogP contribution in [0.3, 0.4) is 0 Å². The molecule has 0 fully saturated rings. The molecule has 2 aromatic rings. The fraction of sp³-hybridized carbons (Fsp3) is 0.429. The van der Waals surface area contributed by atoms with Gasteiger partial charge in [0.25, 0.3) is 0 Å². The maximum Gasteiger partial charge on any atom is 0.147 e. The molecule has 0 spiro atoms. The maximum absolute atomic E-state index is 4.33. The molecule has 2 rings (SSSR count). The molecule has 1 N–H and O–H groups in total. The van der Waals surface area contributed by atoms with Gasteiger partial charge in [-0.25, -0.2) is 0 Å². The number of hydrogen-bond acceptors (Lipinski definition) is 5. The van der Waals surface area contributed by atoms with Gasteiger partial charge in [0.1, 0.15) is 10.0 Å². The number of aromatic nitrogens is 2. The molecule has 1 atom stereocenters. The highest BCUT2D eigenvalue weighted by Gasteiger charge is 2.14. The first-order valence-electron chi connectivity index (χ1n) is 6.49. The first kappa shape index (κ1) is 14.5. The molecule has 0 aliphatic rings. The van der Waals surface area contributed by atoms with Crippen LogP contribution in [0.25, 0.3) is 10.6 Å². The van der Waals surface area contributed by atoms with E-state index in [4.69, 9.17) is 0 Å². The Bertz CT molecular complexity index is 508. The van der Waals surface area contributed by atoms with Gasteiger partial charge in [-0.1, -0.05) is 37.3 Å². The summed E-state index contributed by atoms with van der Waals surface area (Å²) < 4.78 is 0. The van der Waals surface area contributed by atoms with E-state index in [1.54, 1.807) is 23.1 Å². The molecular weight excluding hydrogens is 274 g/mol. The van der Waals surface area contributed by atoms with E-state index in [9.17, 15) is 0 Å². The van der Waals surface area contributed by atoms with Crippen molar-refractivity contribution in [3.63, 3.8) is 0 Å². The van der Waals surface area contributed by atoms with Gasteiger partial charge < -0.3 is 5.32 Å². The quantitative estimate of drug-likeness (QED) is 0.817. The lowest BCUT2D eigenvalue weighted by atomic mass is 10.2. The van der Waals surface area contributed by atoms with Crippen LogP contribution in [0.15, 0.2) is 29.2 Å². The summed E-state index contributed by atoms with van der Waals surface area (Å²) in [6.45, 7) is 5.24. The minimum atomic E-state index is 0.321. The number of nitrogens with zero attached hydrogens (tertiary/aromatic N) is 2. The molecule has 1 aromatic heterocycles. The van der Waals surface area contributed by atoms with E-state index >= 15 is 0 Å². The zero-order chi connectivity index (χ0) is 13.7. The van der Waals surface area contributed by atoms with Gasteiger partial charge in [0.15, 0.2) is 0 Å². The van der Waals surface area contributed by atoms with Crippen molar-refractivity contribution < 1.29 is 0 Å². The zero-order valence-corrected chi connectivity index (χ0v) is 13.1. The van der Waals surface area contributed by atoms with Crippen LogP contribution in [-0.2, 0) is 0 Å². The maximum atomic E-state index is 4.33. The van der Waals surface area contributed by atoms with Crippen molar-refractivity contribution in [2.45, 2.75) is 31.2 Å². The third kappa shape index (κ3) is 3.55. The molecule has 0 saturated heterocycles. The smallest absolute Gasteiger partial charge is 0.147 e. The van der Waals surface area contributed by atoms with Gasteiger partial charge in [-0.05, 0) is 31.4 Å². The van der Waals surface area contributed by atoms with Crippen LogP contribution in [-0.4, -0.2) is 23.0 Å². The van der Waals surface area contributed by atoms with Crippen LogP contribution in [0, 0.1) is 0 Å². The molecule has 1 aromatic carbocycles. The summed E-state index contributed by atoms with van der Waals surface area (Å²) >= 11 is 3.43. The first-order chi connectivity index (χ1) is 9.28. The molecule has 0 radical (unpaired) electrons. The molecule has 1 heterocycles. The van der Waals surface area contributed by atoms with Gasteiger partial charge >= 0.3 is 0 Å². The molecule has 0 saturated carbocycles. The van der Waals surface area contributed by atoms with Crippen molar-refractivity contribution in [3.8, 4) is 10.6 Å². The summed E-state index contributed by atoms with van der Waals surface area (Å²) in [6, 6.07) is 8.81. The third-order valence-corrected chi connectivity index (χ3v) is 4.76. The van der Waals surface area contributed by atoms with E-state index in [1.165, 1.54) is 4.90 Å². The Morgan fingerprint density at radius 1 is 1.21 bits per heavy atom. The van der Waals surface area contributed by atoms with E-state index in [0.29, 0.717) is 6.04 Å². The van der Waals surface area contributed by atoms with Crippen molar-refractivity contribution in [3.05, 3.63) is 29.3 Å². The van der Waals surface area contributed by atoms with Gasteiger partial charge in [-0.2, -0.15) is 0 Å². The normalized spacial score (nSPS) is 12.6. The minimum absolute atomic E-state index is 0.321. The number of benzene rings is 1. The van der Waals surface area contributed by atoms with E-state index in [-0.39, 0.29) is 0 Å². The van der Waals surface area contributed by atoms with Gasteiger partial charge in [-0.15, -0.1) is 22.0 Å². The lowest BCUT2D eigenvalue weighted by Crippen LogP contribution is -2.19. The molecule has 102 valence electrons. The SMILES string of the molecule is CCNC(CC)c1nnc(-c2ccc(SC)cc2)s1. The second kappa shape index (κ2) is 7.03. The van der Waals surface area contributed by atoms with Crippen molar-refractivity contribution in [1.29, 1.82) is 0 Å². The molecule has 0 amide bonds. The average molecular weight is 293 g/mol. The minimum Gasteiger partial charge on any atom is -0.308 e. The fourth-order valence-corrected chi connectivity index (χ4v) is 3.29. The lowest BCUT2D eigenvalue weighted by molar-refractivity contribution is 0.531. The number of thioether (sulfide) groups is 1. The molecule has 3 nitrogen and oxygen atoms in total. The van der Waals surface area contributed by atoms with Gasteiger partial charge in [0.05, 0.1) is 6.04 Å². The summed E-state index contributed by atoms with van der Waals surface area (Å²) in [6.07, 6.45) is 3.12. The van der Waals surface area contributed by atoms with Crippen molar-refractivity contribution in [1.82, 2.24) is 15.5 Å². The second-order valence-electron chi connectivity index (χ2n) is 4.19. The third-order valence-electron chi connectivity index (χ3n) is 2.93. The van der Waals surface area contributed by atoms with Crippen LogP contribution >= 0.6 is 23.1 Å². The Morgan fingerprint density at radius 2 is 1.95 bits per heavy atom. The topological polar surface area (TPSA) is 37.8 Å². The van der Waals surface area contributed by atoms with Gasteiger partial charge in [0.2, 0.25) is 0 Å². The summed E-state index contributed by atoms with van der Waals surface area (Å²) in [5.41, 5.74) is 1.15. The Hall–Kier alpha value is -0.910. The molecule has 19 heavy (non-hydrogen) atoms. The molecular formula is C14H19N3S2. The van der Waals surface area contributed by atoms with E-state index in [2.05, 4.69) is 59.9 Å². The molecule has 0 bridgehead atoms. The predicted octanol–water partition coefficient (Wildman–Crippen LogP) is 3.99. The first-order valence-corrected chi connectivity index (χ1v) is 8.53. The number of hydrogen-bond donors (Lipinski definition) is 1. The van der Waals surface area contributed by atoms with Crippen LogP contribution in [0.1, 0.15) is 31.3 Å². The summed E-state index contributed by atoms with van der Waals surface area (Å²) in [4.78, 5) is 1.27. The Labute approximate surface area is 122 Å². The highest BCUT2D eigenvalue weighted by Crippen LogP contribution is 2.29. The Balaban J connectivity index is 2.19. The lowest BCUT2D eigenvalue weighted by Gasteiger charge is -2.10. The number of rotatable bonds is 6. The van der Waals surface area contributed by atoms with Crippen molar-refractivity contribution in [2.24, 2.45) is 0 Å². The fourth-order valence-electron chi connectivity index (χ4n) is 1.88. The van der Waals surface area contributed by atoms with Gasteiger partial charge in [-0.3, -0.25) is 0 Å². The summed E-state index contributed by atoms with van der Waals surface area (Å²) in [7, 11) is 0. The molecule has 1 unspecified atom stereocenters. The molecule has 0 aliphatic carbocycles. The molecule has 5 heteroatoms. The standard InChI is InChI=1S/C14H19N3S2/c1-4-12(15-5-2)14-17-16-13(19-14)10-6-8-11(18-3)9-7-10/h6-9,12,15H,4-5H2,1-3H3. The summed E-state index contributed by atoms with van der Waals surface area (Å²) in [5, 5.41) is 14.2. The number of nitrogens with one attached hydrogen (secondary N) is 1. The van der Waals surface area contributed by atoms with Crippen LogP contribution in [0.2, 0.25) is 0 Å². The molecule has 0 aliphatic heterocycles.